The van der Waals surface area contributed by atoms with Crippen LogP contribution in [0, 0.1) is 0 Å². The molecule has 0 aliphatic rings. The molecule has 8 nitrogen and oxygen atoms in total. The van der Waals surface area contributed by atoms with Gasteiger partial charge in [-0.15, -0.1) is 11.3 Å². The van der Waals surface area contributed by atoms with Crippen molar-refractivity contribution in [3.8, 4) is 11.3 Å². The van der Waals surface area contributed by atoms with Gasteiger partial charge in [0.15, 0.2) is 18.3 Å². The molecule has 3 aromatic rings. The maximum atomic E-state index is 12.3. The molecule has 0 spiro atoms. The van der Waals surface area contributed by atoms with Crippen molar-refractivity contribution in [1.29, 1.82) is 0 Å². The molecule has 0 fully saturated rings. The normalized spacial score (nSPS) is 10.5. The molecule has 2 heterocycles. The van der Waals surface area contributed by atoms with Crippen LogP contribution in [-0.4, -0.2) is 47.4 Å². The number of esters is 1. The fourth-order valence-electron chi connectivity index (χ4n) is 2.88. The number of amides is 2. The van der Waals surface area contributed by atoms with Gasteiger partial charge in [-0.3, -0.25) is 14.4 Å². The largest absolute Gasteiger partial charge is 0.456 e. The minimum atomic E-state index is -0.531. The molecule has 3 rings (SSSR count). The van der Waals surface area contributed by atoms with E-state index < -0.39 is 18.5 Å². The van der Waals surface area contributed by atoms with E-state index >= 15 is 0 Å². The number of benzene rings is 1. The Morgan fingerprint density at radius 1 is 1.16 bits per heavy atom. The third-order valence-corrected chi connectivity index (χ3v) is 5.50. The van der Waals surface area contributed by atoms with Gasteiger partial charge in [-0.05, 0) is 18.4 Å². The molecule has 32 heavy (non-hydrogen) atoms. The summed E-state index contributed by atoms with van der Waals surface area (Å²) in [4.78, 5) is 43.0. The molecular weight excluding hydrogens is 430 g/mol. The number of thiophene rings is 1. The van der Waals surface area contributed by atoms with Crippen LogP contribution >= 0.6 is 11.3 Å². The lowest BCUT2D eigenvalue weighted by molar-refractivity contribution is -0.152. The molecule has 0 unspecified atom stereocenters. The van der Waals surface area contributed by atoms with Crippen molar-refractivity contribution < 1.29 is 23.5 Å². The lowest BCUT2D eigenvalue weighted by Crippen LogP contribution is -2.42. The third-order valence-electron chi connectivity index (χ3n) is 4.62. The number of hydrogen-bond acceptors (Lipinski definition) is 7. The average Bonchev–Trinajstić information content (AvgIpc) is 3.51. The summed E-state index contributed by atoms with van der Waals surface area (Å²) in [7, 11) is 0. The Morgan fingerprint density at radius 3 is 2.69 bits per heavy atom. The number of carbonyl (C=O) groups excluding carboxylic acids is 3. The molecular formula is C23H25N3O5S. The van der Waals surface area contributed by atoms with E-state index in [0.29, 0.717) is 24.7 Å². The number of nitrogens with zero attached hydrogens (tertiary/aromatic N) is 2. The van der Waals surface area contributed by atoms with Gasteiger partial charge in [0.25, 0.3) is 5.91 Å². The Morgan fingerprint density at radius 2 is 1.97 bits per heavy atom. The summed E-state index contributed by atoms with van der Waals surface area (Å²) < 4.78 is 10.7. The number of nitrogens with one attached hydrogen (secondary N) is 1. The number of ether oxygens (including phenoxy) is 1. The van der Waals surface area contributed by atoms with E-state index in [-0.39, 0.29) is 25.3 Å². The summed E-state index contributed by atoms with van der Waals surface area (Å²) in [5.41, 5.74) is 0.901. The Bertz CT molecular complexity index is 1020. The zero-order valence-corrected chi connectivity index (χ0v) is 18.6. The minimum Gasteiger partial charge on any atom is -0.456 e. The molecule has 1 N–H and O–H groups in total. The van der Waals surface area contributed by atoms with Crippen molar-refractivity contribution in [2.45, 2.75) is 26.3 Å². The summed E-state index contributed by atoms with van der Waals surface area (Å²) in [5, 5.41) is 4.71. The second-order valence-electron chi connectivity index (χ2n) is 6.91. The van der Waals surface area contributed by atoms with Crippen molar-refractivity contribution in [3.63, 3.8) is 0 Å². The maximum absolute atomic E-state index is 12.3. The monoisotopic (exact) mass is 455 g/mol. The molecule has 9 heteroatoms. The van der Waals surface area contributed by atoms with Crippen LogP contribution < -0.4 is 5.32 Å². The number of likely N-dealkylation sites (N-methyl/N-ethyl adjacent to an activating group) is 1. The quantitative estimate of drug-likeness (QED) is 0.446. The first kappa shape index (κ1) is 23.2. The highest BCUT2D eigenvalue weighted by Crippen LogP contribution is 2.20. The van der Waals surface area contributed by atoms with Crippen LogP contribution in [0.3, 0.4) is 0 Å². The molecule has 2 amide bonds. The van der Waals surface area contributed by atoms with Gasteiger partial charge in [-0.2, -0.15) is 0 Å². The maximum Gasteiger partial charge on any atom is 0.306 e. The van der Waals surface area contributed by atoms with Crippen molar-refractivity contribution >= 4 is 29.1 Å². The third kappa shape index (κ3) is 7.05. The van der Waals surface area contributed by atoms with Crippen LogP contribution in [-0.2, 0) is 32.1 Å². The van der Waals surface area contributed by atoms with Gasteiger partial charge in [0.1, 0.15) is 0 Å². The molecule has 0 radical (unpaired) electrons. The first-order chi connectivity index (χ1) is 15.5. The molecule has 1 aromatic carbocycles. The topological polar surface area (TPSA) is 102 Å². The molecule has 0 bridgehead atoms. The molecule has 2 aromatic heterocycles. The summed E-state index contributed by atoms with van der Waals surface area (Å²) in [5.74, 6) is -0.173. The van der Waals surface area contributed by atoms with Crippen molar-refractivity contribution in [1.82, 2.24) is 15.2 Å². The van der Waals surface area contributed by atoms with Crippen molar-refractivity contribution in [2.75, 3.05) is 19.7 Å². The molecule has 0 aliphatic carbocycles. The molecule has 0 aliphatic heterocycles. The predicted molar refractivity (Wildman–Crippen MR) is 120 cm³/mol. The second-order valence-corrected chi connectivity index (χ2v) is 7.94. The number of oxazole rings is 1. The van der Waals surface area contributed by atoms with Crippen molar-refractivity contribution in [3.05, 3.63) is 64.8 Å². The van der Waals surface area contributed by atoms with Gasteiger partial charge >= 0.3 is 5.97 Å². The smallest absolute Gasteiger partial charge is 0.306 e. The van der Waals surface area contributed by atoms with Gasteiger partial charge < -0.3 is 19.4 Å². The first-order valence-corrected chi connectivity index (χ1v) is 11.2. The van der Waals surface area contributed by atoms with E-state index in [2.05, 4.69) is 10.3 Å². The highest BCUT2D eigenvalue weighted by molar-refractivity contribution is 7.09. The molecule has 0 atom stereocenters. The highest BCUT2D eigenvalue weighted by atomic mass is 32.1. The van der Waals surface area contributed by atoms with E-state index in [1.165, 1.54) is 4.90 Å². The Balaban J connectivity index is 1.38. The van der Waals surface area contributed by atoms with Crippen LogP contribution in [0.2, 0.25) is 0 Å². The fourth-order valence-corrected chi connectivity index (χ4v) is 3.53. The van der Waals surface area contributed by atoms with Crippen molar-refractivity contribution in [2.24, 2.45) is 0 Å². The number of carbonyl (C=O) groups is 3. The van der Waals surface area contributed by atoms with E-state index in [4.69, 9.17) is 9.15 Å². The van der Waals surface area contributed by atoms with E-state index in [1.54, 1.807) is 24.5 Å². The van der Waals surface area contributed by atoms with E-state index in [9.17, 15) is 14.4 Å². The Labute approximate surface area is 190 Å². The second kappa shape index (κ2) is 11.8. The summed E-state index contributed by atoms with van der Waals surface area (Å²) in [6.45, 7) is 2.02. The van der Waals surface area contributed by atoms with E-state index in [1.807, 2.05) is 47.8 Å². The Hall–Kier alpha value is -3.46. The van der Waals surface area contributed by atoms with Gasteiger partial charge in [0.05, 0.1) is 25.7 Å². The van der Waals surface area contributed by atoms with Gasteiger partial charge in [-0.25, -0.2) is 4.98 Å². The molecule has 0 saturated carbocycles. The standard InChI is InChI=1S/C23H25N3O5S/c1-2-26(15-20(27)24-13-18-9-6-12-32-18)22(28)16-30-23(29)11-10-21-25-14-19(31-21)17-7-4-3-5-8-17/h3-9,12,14H,2,10-11,13,15-16H2,1H3,(H,24,27). The van der Waals surface area contributed by atoms with Crippen LogP contribution in [0.4, 0.5) is 0 Å². The average molecular weight is 456 g/mol. The number of rotatable bonds is 11. The lowest BCUT2D eigenvalue weighted by Gasteiger charge is -2.20. The van der Waals surface area contributed by atoms with Crippen LogP contribution in [0.1, 0.15) is 24.1 Å². The van der Waals surface area contributed by atoms with Gasteiger partial charge in [-0.1, -0.05) is 36.4 Å². The minimum absolute atomic E-state index is 0.0372. The van der Waals surface area contributed by atoms with E-state index in [0.717, 1.165) is 10.4 Å². The first-order valence-electron chi connectivity index (χ1n) is 10.3. The predicted octanol–water partition coefficient (Wildman–Crippen LogP) is 3.04. The molecule has 168 valence electrons. The summed E-state index contributed by atoms with van der Waals surface area (Å²) >= 11 is 1.55. The van der Waals surface area contributed by atoms with Gasteiger partial charge in [0.2, 0.25) is 5.91 Å². The number of aryl methyl sites for hydroxylation is 1. The van der Waals surface area contributed by atoms with Gasteiger partial charge in [0, 0.05) is 23.4 Å². The van der Waals surface area contributed by atoms with Crippen LogP contribution in [0.5, 0.6) is 0 Å². The lowest BCUT2D eigenvalue weighted by atomic mass is 10.2. The summed E-state index contributed by atoms with van der Waals surface area (Å²) in [6, 6.07) is 13.4. The van der Waals surface area contributed by atoms with Crippen LogP contribution in [0.15, 0.2) is 58.5 Å². The zero-order valence-electron chi connectivity index (χ0n) is 17.8. The molecule has 0 saturated heterocycles. The highest BCUT2D eigenvalue weighted by Gasteiger charge is 2.18. The fraction of sp³-hybridized carbons (Fsp3) is 0.304. The Kier molecular flexibility index (Phi) is 8.56. The zero-order chi connectivity index (χ0) is 22.8. The number of aromatic nitrogens is 1. The SMILES string of the molecule is CCN(CC(=O)NCc1cccs1)C(=O)COC(=O)CCc1ncc(-c2ccccc2)o1. The number of hydrogen-bond donors (Lipinski definition) is 1. The summed E-state index contributed by atoms with van der Waals surface area (Å²) in [6.07, 6.45) is 1.92. The van der Waals surface area contributed by atoms with Crippen LogP contribution in [0.25, 0.3) is 11.3 Å².